The Morgan fingerprint density at radius 3 is 1.36 bits per heavy atom. The Morgan fingerprint density at radius 2 is 0.956 bits per heavy atom. The SMILES string of the molecule is CCCCCCCCCCCCCCCCCC(=O)NC(C)CCCCCCCCCCCCCCCCC(C)C1=NCCN1. The highest BCUT2D eigenvalue weighted by Crippen LogP contribution is 2.17. The van der Waals surface area contributed by atoms with Crippen LogP contribution in [0.4, 0.5) is 0 Å². The molecular formula is C41H81N3O. The molecule has 1 amide bonds. The standard InChI is InChI=1S/C41H81N3O/c1-4-5-6-7-8-9-10-11-12-17-20-23-26-29-32-35-40(45)44-39(3)34-31-28-25-22-19-16-14-13-15-18-21-24-27-30-33-38(2)41-42-36-37-43-41/h38-39H,4-37H2,1-3H3,(H,42,43)(H,44,45). The van der Waals surface area contributed by atoms with E-state index in [9.17, 15) is 4.79 Å². The fourth-order valence-corrected chi connectivity index (χ4v) is 6.98. The minimum atomic E-state index is 0.273. The van der Waals surface area contributed by atoms with Gasteiger partial charge in [-0.25, -0.2) is 0 Å². The average molecular weight is 632 g/mol. The molecule has 4 heteroatoms. The minimum absolute atomic E-state index is 0.273. The molecule has 2 atom stereocenters. The van der Waals surface area contributed by atoms with Crippen LogP contribution in [0.2, 0.25) is 0 Å². The van der Waals surface area contributed by atoms with Crippen molar-refractivity contribution >= 4 is 11.7 Å². The lowest BCUT2D eigenvalue weighted by Gasteiger charge is -2.13. The Morgan fingerprint density at radius 1 is 0.578 bits per heavy atom. The van der Waals surface area contributed by atoms with Gasteiger partial charge in [0, 0.05) is 24.9 Å². The average Bonchev–Trinajstić information content (AvgIpc) is 3.58. The first-order valence-corrected chi connectivity index (χ1v) is 20.7. The molecule has 0 saturated carbocycles. The Labute approximate surface area is 282 Å². The highest BCUT2D eigenvalue weighted by molar-refractivity contribution is 5.85. The van der Waals surface area contributed by atoms with Crippen LogP contribution < -0.4 is 10.6 Å². The molecule has 1 aliphatic rings. The lowest BCUT2D eigenvalue weighted by molar-refractivity contribution is -0.121. The zero-order valence-electron chi connectivity index (χ0n) is 31.1. The summed E-state index contributed by atoms with van der Waals surface area (Å²) in [6, 6.07) is 0.335. The van der Waals surface area contributed by atoms with Gasteiger partial charge in [-0.2, -0.15) is 0 Å². The molecule has 0 aromatic carbocycles. The molecule has 0 aromatic heterocycles. The highest BCUT2D eigenvalue weighted by atomic mass is 16.1. The molecule has 0 spiro atoms. The number of nitrogens with one attached hydrogen (secondary N) is 2. The molecule has 4 nitrogen and oxygen atoms in total. The molecule has 1 heterocycles. The maximum atomic E-state index is 12.3. The number of aliphatic imine (C=N–C) groups is 1. The number of hydrogen-bond donors (Lipinski definition) is 2. The topological polar surface area (TPSA) is 53.5 Å². The molecule has 2 N–H and O–H groups in total. The van der Waals surface area contributed by atoms with Gasteiger partial charge in [0.2, 0.25) is 5.91 Å². The van der Waals surface area contributed by atoms with Crippen LogP contribution in [0.25, 0.3) is 0 Å². The second kappa shape index (κ2) is 32.9. The van der Waals surface area contributed by atoms with Crippen LogP contribution in [-0.2, 0) is 4.79 Å². The summed E-state index contributed by atoms with van der Waals surface area (Å²) in [5.74, 6) is 2.16. The molecule has 2 unspecified atom stereocenters. The van der Waals surface area contributed by atoms with E-state index in [2.05, 4.69) is 36.4 Å². The van der Waals surface area contributed by atoms with Gasteiger partial charge in [-0.1, -0.05) is 194 Å². The third-order valence-electron chi connectivity index (χ3n) is 10.1. The fourth-order valence-electron chi connectivity index (χ4n) is 6.98. The number of carbonyl (C=O) groups excluding carboxylic acids is 1. The van der Waals surface area contributed by atoms with E-state index in [-0.39, 0.29) is 5.91 Å². The molecule has 0 saturated heterocycles. The number of hydrogen-bond acceptors (Lipinski definition) is 3. The van der Waals surface area contributed by atoms with Crippen LogP contribution in [0.1, 0.15) is 226 Å². The lowest BCUT2D eigenvalue weighted by Crippen LogP contribution is -2.32. The quantitative estimate of drug-likeness (QED) is 0.0684. The van der Waals surface area contributed by atoms with Crippen molar-refractivity contribution in [2.45, 2.75) is 232 Å². The lowest BCUT2D eigenvalue weighted by atomic mass is 10.00. The van der Waals surface area contributed by atoms with E-state index in [4.69, 9.17) is 0 Å². The fraction of sp³-hybridized carbons (Fsp3) is 0.951. The summed E-state index contributed by atoms with van der Waals surface area (Å²) in [5.41, 5.74) is 0. The predicted molar refractivity (Wildman–Crippen MR) is 200 cm³/mol. The summed E-state index contributed by atoms with van der Waals surface area (Å²) in [6.45, 7) is 8.82. The molecule has 0 radical (unpaired) electrons. The third-order valence-corrected chi connectivity index (χ3v) is 10.1. The monoisotopic (exact) mass is 632 g/mol. The van der Waals surface area contributed by atoms with Gasteiger partial charge in [-0.15, -0.1) is 0 Å². The summed E-state index contributed by atoms with van der Waals surface area (Å²) in [4.78, 5) is 16.9. The maximum absolute atomic E-state index is 12.3. The second-order valence-corrected chi connectivity index (χ2v) is 14.8. The Kier molecular flexibility index (Phi) is 30.6. The van der Waals surface area contributed by atoms with Crippen LogP contribution in [0, 0.1) is 5.92 Å². The van der Waals surface area contributed by atoms with E-state index >= 15 is 0 Å². The first kappa shape index (κ1) is 42.0. The zero-order valence-corrected chi connectivity index (χ0v) is 31.1. The molecular weight excluding hydrogens is 550 g/mol. The smallest absolute Gasteiger partial charge is 0.220 e. The molecule has 0 aliphatic carbocycles. The van der Waals surface area contributed by atoms with Crippen LogP contribution in [0.5, 0.6) is 0 Å². The first-order valence-electron chi connectivity index (χ1n) is 20.7. The Balaban J connectivity index is 1.73. The van der Waals surface area contributed by atoms with Crippen molar-refractivity contribution in [2.75, 3.05) is 13.1 Å². The summed E-state index contributed by atoms with van der Waals surface area (Å²) < 4.78 is 0. The van der Waals surface area contributed by atoms with Crippen molar-refractivity contribution in [3.8, 4) is 0 Å². The molecule has 0 bridgehead atoms. The summed E-state index contributed by atoms with van der Waals surface area (Å²) in [5, 5.41) is 6.67. The van der Waals surface area contributed by atoms with E-state index in [0.29, 0.717) is 12.0 Å². The van der Waals surface area contributed by atoms with E-state index in [1.807, 2.05) is 0 Å². The molecule has 0 aromatic rings. The number of carbonyl (C=O) groups is 1. The Hall–Kier alpha value is -1.06. The first-order chi connectivity index (χ1) is 22.1. The van der Waals surface area contributed by atoms with Gasteiger partial charge in [-0.3, -0.25) is 9.79 Å². The van der Waals surface area contributed by atoms with Crippen molar-refractivity contribution in [3.05, 3.63) is 0 Å². The number of nitrogens with zero attached hydrogens (tertiary/aromatic N) is 1. The van der Waals surface area contributed by atoms with Gasteiger partial charge >= 0.3 is 0 Å². The van der Waals surface area contributed by atoms with Crippen molar-refractivity contribution in [1.82, 2.24) is 10.6 Å². The van der Waals surface area contributed by atoms with Gasteiger partial charge in [0.05, 0.1) is 12.4 Å². The van der Waals surface area contributed by atoms with Crippen LogP contribution >= 0.6 is 0 Å². The summed E-state index contributed by atoms with van der Waals surface area (Å²) in [7, 11) is 0. The van der Waals surface area contributed by atoms with Gasteiger partial charge in [-0.05, 0) is 26.2 Å². The van der Waals surface area contributed by atoms with Crippen molar-refractivity contribution in [3.63, 3.8) is 0 Å². The van der Waals surface area contributed by atoms with E-state index in [1.54, 1.807) is 0 Å². The largest absolute Gasteiger partial charge is 0.372 e. The molecule has 45 heavy (non-hydrogen) atoms. The molecule has 0 fully saturated rings. The van der Waals surface area contributed by atoms with Gasteiger partial charge < -0.3 is 10.6 Å². The second-order valence-electron chi connectivity index (χ2n) is 14.8. The highest BCUT2D eigenvalue weighted by Gasteiger charge is 2.13. The zero-order chi connectivity index (χ0) is 32.5. The summed E-state index contributed by atoms with van der Waals surface area (Å²) in [6.07, 6.45) is 43.2. The van der Waals surface area contributed by atoms with Crippen molar-refractivity contribution < 1.29 is 4.79 Å². The number of amides is 1. The molecule has 266 valence electrons. The van der Waals surface area contributed by atoms with Crippen molar-refractivity contribution in [2.24, 2.45) is 10.9 Å². The minimum Gasteiger partial charge on any atom is -0.372 e. The predicted octanol–water partition coefficient (Wildman–Crippen LogP) is 12.6. The molecule has 1 aliphatic heterocycles. The Bertz CT molecular complexity index is 663. The number of unbranched alkanes of at least 4 members (excludes halogenated alkanes) is 27. The molecule has 1 rings (SSSR count). The number of rotatable bonds is 35. The maximum Gasteiger partial charge on any atom is 0.220 e. The van der Waals surface area contributed by atoms with E-state index in [1.165, 1.54) is 192 Å². The number of amidine groups is 1. The normalized spacial score (nSPS) is 14.3. The van der Waals surface area contributed by atoms with E-state index in [0.717, 1.165) is 32.4 Å². The van der Waals surface area contributed by atoms with Gasteiger partial charge in [0.1, 0.15) is 0 Å². The summed E-state index contributed by atoms with van der Waals surface area (Å²) >= 11 is 0. The van der Waals surface area contributed by atoms with Crippen LogP contribution in [0.3, 0.4) is 0 Å². The van der Waals surface area contributed by atoms with Gasteiger partial charge in [0.15, 0.2) is 0 Å². The third kappa shape index (κ3) is 28.9. The van der Waals surface area contributed by atoms with Crippen LogP contribution in [0.15, 0.2) is 4.99 Å². The van der Waals surface area contributed by atoms with Gasteiger partial charge in [0.25, 0.3) is 0 Å². The van der Waals surface area contributed by atoms with E-state index < -0.39 is 0 Å². The van der Waals surface area contributed by atoms with Crippen LogP contribution in [-0.4, -0.2) is 30.9 Å². The van der Waals surface area contributed by atoms with Crippen molar-refractivity contribution in [1.29, 1.82) is 0 Å².